The van der Waals surface area contributed by atoms with E-state index >= 15 is 0 Å². The molecule has 2 aliphatic heterocycles. The summed E-state index contributed by atoms with van der Waals surface area (Å²) in [6.07, 6.45) is 3.42. The Morgan fingerprint density at radius 1 is 1.28 bits per heavy atom. The third kappa shape index (κ3) is 2.58. The topological polar surface area (TPSA) is 35.5 Å². The molecule has 2 aliphatic rings. The number of rotatable bonds is 4. The van der Waals surface area contributed by atoms with Crippen molar-refractivity contribution >= 4 is 0 Å². The number of aliphatic hydroxyl groups is 1. The van der Waals surface area contributed by atoms with Gasteiger partial charge in [0.2, 0.25) is 0 Å². The maximum Gasteiger partial charge on any atom is 0.0909 e. The van der Waals surface area contributed by atoms with Gasteiger partial charge in [-0.2, -0.15) is 0 Å². The summed E-state index contributed by atoms with van der Waals surface area (Å²) < 4.78 is 0. The molecular formula is C15H22N2O. The van der Waals surface area contributed by atoms with E-state index in [2.05, 4.69) is 40.5 Å². The van der Waals surface area contributed by atoms with Gasteiger partial charge in [0.1, 0.15) is 0 Å². The lowest BCUT2D eigenvalue weighted by atomic mass is 9.88. The number of hydrogen-bond acceptors (Lipinski definition) is 3. The lowest BCUT2D eigenvalue weighted by Gasteiger charge is -2.41. The van der Waals surface area contributed by atoms with Crippen LogP contribution < -0.4 is 5.32 Å². The minimum Gasteiger partial charge on any atom is -0.387 e. The van der Waals surface area contributed by atoms with Crippen molar-refractivity contribution in [3.05, 3.63) is 35.9 Å². The maximum atomic E-state index is 10.3. The summed E-state index contributed by atoms with van der Waals surface area (Å²) in [6.45, 7) is 3.73. The largest absolute Gasteiger partial charge is 0.387 e. The number of nitrogens with zero attached hydrogens (tertiary/aromatic N) is 1. The number of nitrogens with one attached hydrogen (secondary N) is 1. The maximum absolute atomic E-state index is 10.3. The van der Waals surface area contributed by atoms with Gasteiger partial charge in [0.05, 0.1) is 5.60 Å². The molecule has 2 N–H and O–H groups in total. The minimum absolute atomic E-state index is 0.441. The van der Waals surface area contributed by atoms with Gasteiger partial charge in [-0.3, -0.25) is 4.90 Å². The SMILES string of the molecule is OC1(CC2CCCN2Cc2ccccc2)CNC1. The summed E-state index contributed by atoms with van der Waals surface area (Å²) in [5.74, 6) is 0. The van der Waals surface area contributed by atoms with E-state index in [9.17, 15) is 5.11 Å². The zero-order valence-corrected chi connectivity index (χ0v) is 10.8. The summed E-state index contributed by atoms with van der Waals surface area (Å²) in [6, 6.07) is 11.2. The predicted molar refractivity (Wildman–Crippen MR) is 72.3 cm³/mol. The molecule has 0 aliphatic carbocycles. The first-order valence-corrected chi connectivity index (χ1v) is 6.96. The van der Waals surface area contributed by atoms with Crippen LogP contribution in [0.5, 0.6) is 0 Å². The lowest BCUT2D eigenvalue weighted by Crippen LogP contribution is -2.61. The quantitative estimate of drug-likeness (QED) is 0.842. The van der Waals surface area contributed by atoms with E-state index in [0.29, 0.717) is 6.04 Å². The molecule has 3 rings (SSSR count). The molecule has 2 fully saturated rings. The number of hydrogen-bond donors (Lipinski definition) is 2. The number of benzene rings is 1. The van der Waals surface area contributed by atoms with Gasteiger partial charge in [0.15, 0.2) is 0 Å². The third-order valence-electron chi connectivity index (χ3n) is 4.25. The van der Waals surface area contributed by atoms with Crippen molar-refractivity contribution in [1.29, 1.82) is 0 Å². The van der Waals surface area contributed by atoms with Crippen LogP contribution in [-0.2, 0) is 6.54 Å². The fourth-order valence-corrected chi connectivity index (χ4v) is 3.15. The predicted octanol–water partition coefficient (Wildman–Crippen LogP) is 1.38. The standard InChI is InChI=1S/C15H22N2O/c18-15(11-16-12-15)9-14-7-4-8-17(14)10-13-5-2-1-3-6-13/h1-3,5-6,14,16,18H,4,7-12H2. The molecule has 1 aromatic rings. The van der Waals surface area contributed by atoms with E-state index in [1.807, 2.05) is 0 Å². The van der Waals surface area contributed by atoms with Crippen molar-refractivity contribution in [1.82, 2.24) is 10.2 Å². The Balaban J connectivity index is 1.61. The molecule has 3 nitrogen and oxygen atoms in total. The van der Waals surface area contributed by atoms with Gasteiger partial charge >= 0.3 is 0 Å². The monoisotopic (exact) mass is 246 g/mol. The molecule has 2 heterocycles. The van der Waals surface area contributed by atoms with Crippen LogP contribution in [0, 0.1) is 0 Å². The third-order valence-corrected chi connectivity index (χ3v) is 4.25. The Morgan fingerprint density at radius 2 is 2.06 bits per heavy atom. The second-order valence-corrected chi connectivity index (χ2v) is 5.78. The number of likely N-dealkylation sites (tertiary alicyclic amines) is 1. The molecule has 0 aromatic heterocycles. The molecule has 1 aromatic carbocycles. The van der Waals surface area contributed by atoms with Crippen molar-refractivity contribution in [3.63, 3.8) is 0 Å². The molecule has 0 radical (unpaired) electrons. The molecule has 0 spiro atoms. The first-order chi connectivity index (χ1) is 8.75. The van der Waals surface area contributed by atoms with E-state index in [0.717, 1.165) is 26.1 Å². The van der Waals surface area contributed by atoms with Gasteiger partial charge in [0.25, 0.3) is 0 Å². The normalized spacial score (nSPS) is 27.1. The van der Waals surface area contributed by atoms with Crippen LogP contribution in [0.2, 0.25) is 0 Å². The van der Waals surface area contributed by atoms with Crippen LogP contribution in [0.1, 0.15) is 24.8 Å². The van der Waals surface area contributed by atoms with E-state index < -0.39 is 5.60 Å². The molecule has 3 heteroatoms. The summed E-state index contributed by atoms with van der Waals surface area (Å²) in [5.41, 5.74) is 0.937. The highest BCUT2D eigenvalue weighted by Crippen LogP contribution is 2.28. The zero-order chi connectivity index (χ0) is 12.4. The van der Waals surface area contributed by atoms with Gasteiger partial charge in [-0.15, -0.1) is 0 Å². The van der Waals surface area contributed by atoms with E-state index in [4.69, 9.17) is 0 Å². The average molecular weight is 246 g/mol. The van der Waals surface area contributed by atoms with Crippen molar-refractivity contribution in [2.75, 3.05) is 19.6 Å². The van der Waals surface area contributed by atoms with Crippen molar-refractivity contribution < 1.29 is 5.11 Å². The Bertz CT molecular complexity index is 389. The second-order valence-electron chi connectivity index (χ2n) is 5.78. The van der Waals surface area contributed by atoms with E-state index in [-0.39, 0.29) is 0 Å². The fourth-order valence-electron chi connectivity index (χ4n) is 3.15. The Labute approximate surface area is 109 Å². The van der Waals surface area contributed by atoms with Crippen LogP contribution in [0.3, 0.4) is 0 Å². The second kappa shape index (κ2) is 5.00. The highest BCUT2D eigenvalue weighted by Gasteiger charge is 2.39. The van der Waals surface area contributed by atoms with Gasteiger partial charge in [0, 0.05) is 25.7 Å². The summed E-state index contributed by atoms with van der Waals surface area (Å²) in [5, 5.41) is 13.4. The van der Waals surface area contributed by atoms with E-state index in [1.54, 1.807) is 0 Å². The first kappa shape index (κ1) is 12.2. The van der Waals surface area contributed by atoms with Crippen molar-refractivity contribution in [2.24, 2.45) is 0 Å². The highest BCUT2D eigenvalue weighted by atomic mass is 16.3. The van der Waals surface area contributed by atoms with E-state index in [1.165, 1.54) is 24.9 Å². The van der Waals surface area contributed by atoms with Crippen LogP contribution in [0.4, 0.5) is 0 Å². The molecule has 18 heavy (non-hydrogen) atoms. The summed E-state index contributed by atoms with van der Waals surface area (Å²) in [7, 11) is 0. The van der Waals surface area contributed by atoms with Crippen molar-refractivity contribution in [3.8, 4) is 0 Å². The molecule has 98 valence electrons. The Morgan fingerprint density at radius 3 is 2.72 bits per heavy atom. The molecule has 2 saturated heterocycles. The highest BCUT2D eigenvalue weighted by molar-refractivity contribution is 5.15. The fraction of sp³-hybridized carbons (Fsp3) is 0.600. The average Bonchev–Trinajstić information content (AvgIpc) is 2.76. The lowest BCUT2D eigenvalue weighted by molar-refractivity contribution is -0.0350. The molecule has 0 amide bonds. The van der Waals surface area contributed by atoms with Crippen LogP contribution >= 0.6 is 0 Å². The van der Waals surface area contributed by atoms with Gasteiger partial charge < -0.3 is 10.4 Å². The number of β-amino-alcohol motifs (C(OH)–C–C–N with tert-alkyl or cyclic N) is 1. The molecule has 1 atom stereocenters. The molecular weight excluding hydrogens is 224 g/mol. The molecule has 0 saturated carbocycles. The summed E-state index contributed by atoms with van der Waals surface area (Å²) in [4.78, 5) is 2.53. The first-order valence-electron chi connectivity index (χ1n) is 6.96. The van der Waals surface area contributed by atoms with Gasteiger partial charge in [-0.25, -0.2) is 0 Å². The zero-order valence-electron chi connectivity index (χ0n) is 10.8. The van der Waals surface area contributed by atoms with Crippen LogP contribution in [0.25, 0.3) is 0 Å². The molecule has 1 unspecified atom stereocenters. The van der Waals surface area contributed by atoms with Gasteiger partial charge in [-0.05, 0) is 31.4 Å². The smallest absolute Gasteiger partial charge is 0.0909 e. The van der Waals surface area contributed by atoms with Crippen LogP contribution in [0.15, 0.2) is 30.3 Å². The van der Waals surface area contributed by atoms with Gasteiger partial charge in [-0.1, -0.05) is 30.3 Å². The molecule has 0 bridgehead atoms. The Kier molecular flexibility index (Phi) is 3.37. The summed E-state index contributed by atoms with van der Waals surface area (Å²) >= 11 is 0. The Hall–Kier alpha value is -0.900. The van der Waals surface area contributed by atoms with Crippen LogP contribution in [-0.4, -0.2) is 41.3 Å². The van der Waals surface area contributed by atoms with Crippen molar-refractivity contribution in [2.45, 2.75) is 37.5 Å². The minimum atomic E-state index is -0.441.